The normalized spacial score (nSPS) is 12.2. The van der Waals surface area contributed by atoms with Gasteiger partial charge in [0.1, 0.15) is 7.85 Å². The average molecular weight is 182 g/mol. The van der Waals surface area contributed by atoms with Gasteiger partial charge in [0.2, 0.25) is 0 Å². The van der Waals surface area contributed by atoms with E-state index < -0.39 is 11.7 Å². The van der Waals surface area contributed by atoms with Crippen molar-refractivity contribution in [3.05, 3.63) is 41.4 Å². The molecular weight excluding hydrogens is 176 g/mol. The summed E-state index contributed by atoms with van der Waals surface area (Å²) < 4.78 is 36.5. The van der Waals surface area contributed by atoms with E-state index in [9.17, 15) is 13.2 Å². The van der Waals surface area contributed by atoms with Crippen LogP contribution in [0.15, 0.2) is 30.2 Å². The van der Waals surface area contributed by atoms with Crippen molar-refractivity contribution >= 4 is 13.9 Å². The molecule has 66 valence electrons. The van der Waals surface area contributed by atoms with Gasteiger partial charge in [-0.1, -0.05) is 18.2 Å². The highest BCUT2D eigenvalue weighted by atomic mass is 19.4. The number of benzene rings is 1. The van der Waals surface area contributed by atoms with Crippen LogP contribution in [0, 0.1) is 0 Å². The Morgan fingerprint density at radius 2 is 1.92 bits per heavy atom. The van der Waals surface area contributed by atoms with E-state index in [-0.39, 0.29) is 0 Å². The van der Waals surface area contributed by atoms with E-state index in [0.717, 1.165) is 12.1 Å². The Hall–Kier alpha value is -1.19. The topological polar surface area (TPSA) is 0 Å². The Bertz CT molecular complexity index is 315. The van der Waals surface area contributed by atoms with Crippen LogP contribution in [0.2, 0.25) is 0 Å². The van der Waals surface area contributed by atoms with Crippen molar-refractivity contribution < 1.29 is 13.2 Å². The van der Waals surface area contributed by atoms with Crippen LogP contribution in [-0.2, 0) is 6.18 Å². The van der Waals surface area contributed by atoms with Gasteiger partial charge in [-0.05, 0) is 17.7 Å². The van der Waals surface area contributed by atoms with E-state index in [1.807, 2.05) is 0 Å². The van der Waals surface area contributed by atoms with Gasteiger partial charge in [0.05, 0.1) is 5.56 Å². The molecule has 13 heavy (non-hydrogen) atoms. The highest BCUT2D eigenvalue weighted by Gasteiger charge is 2.30. The molecule has 1 rings (SSSR count). The number of halogens is 3. The van der Waals surface area contributed by atoms with Crippen molar-refractivity contribution in [1.82, 2.24) is 0 Å². The van der Waals surface area contributed by atoms with Gasteiger partial charge in [-0.25, -0.2) is 0 Å². The molecule has 1 aromatic carbocycles. The van der Waals surface area contributed by atoms with Crippen LogP contribution in [0.1, 0.15) is 11.1 Å². The monoisotopic (exact) mass is 182 g/mol. The first-order valence-electron chi connectivity index (χ1n) is 3.59. The summed E-state index contributed by atoms with van der Waals surface area (Å²) in [7, 11) is 5.06. The van der Waals surface area contributed by atoms with Gasteiger partial charge >= 0.3 is 6.18 Å². The van der Waals surface area contributed by atoms with Gasteiger partial charge in [0.15, 0.2) is 0 Å². The van der Waals surface area contributed by atoms with Gasteiger partial charge in [-0.2, -0.15) is 13.2 Å². The van der Waals surface area contributed by atoms with E-state index >= 15 is 0 Å². The molecule has 4 heteroatoms. The van der Waals surface area contributed by atoms with Gasteiger partial charge in [-0.15, -0.1) is 5.98 Å². The van der Waals surface area contributed by atoms with Gasteiger partial charge < -0.3 is 0 Å². The molecular formula is C9H6BF3. The Balaban J connectivity index is 3.05. The highest BCUT2D eigenvalue weighted by molar-refractivity contribution is 6.19. The molecule has 0 nitrogen and oxygen atoms in total. The summed E-state index contributed by atoms with van der Waals surface area (Å²) in [4.78, 5) is 0. The molecule has 0 fully saturated rings. The van der Waals surface area contributed by atoms with Crippen molar-refractivity contribution in [3.63, 3.8) is 0 Å². The molecule has 0 unspecified atom stereocenters. The molecule has 0 saturated heterocycles. The number of hydrogen-bond acceptors (Lipinski definition) is 0. The molecule has 0 aliphatic carbocycles. The van der Waals surface area contributed by atoms with Crippen LogP contribution in [0.3, 0.4) is 0 Å². The second-order valence-electron chi connectivity index (χ2n) is 2.48. The van der Waals surface area contributed by atoms with E-state index in [0.29, 0.717) is 5.56 Å². The number of rotatable bonds is 1. The zero-order valence-electron chi connectivity index (χ0n) is 6.68. The third-order valence-corrected chi connectivity index (χ3v) is 1.50. The van der Waals surface area contributed by atoms with Crippen molar-refractivity contribution in [2.45, 2.75) is 6.18 Å². The summed E-state index contributed by atoms with van der Waals surface area (Å²) in [6.07, 6.45) is -2.88. The molecule has 0 amide bonds. The smallest absolute Gasteiger partial charge is 0.166 e. The van der Waals surface area contributed by atoms with Crippen LogP contribution >= 0.6 is 0 Å². The highest BCUT2D eigenvalue weighted by Crippen LogP contribution is 2.29. The summed E-state index contributed by atoms with van der Waals surface area (Å²) in [6, 6.07) is 4.97. The Morgan fingerprint density at radius 3 is 2.46 bits per heavy atom. The summed E-state index contributed by atoms with van der Waals surface area (Å²) >= 11 is 0. The average Bonchev–Trinajstić information content (AvgIpc) is 2.04. The fourth-order valence-corrected chi connectivity index (χ4v) is 0.930. The first-order valence-corrected chi connectivity index (χ1v) is 3.59. The van der Waals surface area contributed by atoms with Crippen molar-refractivity contribution in [1.29, 1.82) is 0 Å². The van der Waals surface area contributed by atoms with E-state index in [1.54, 1.807) is 6.07 Å². The van der Waals surface area contributed by atoms with Crippen molar-refractivity contribution in [2.75, 3.05) is 0 Å². The lowest BCUT2D eigenvalue weighted by Gasteiger charge is -2.06. The van der Waals surface area contributed by atoms with Crippen molar-refractivity contribution in [3.8, 4) is 0 Å². The predicted octanol–water partition coefficient (Wildman–Crippen LogP) is 2.84. The van der Waals surface area contributed by atoms with Crippen LogP contribution in [0.4, 0.5) is 13.2 Å². The minimum Gasteiger partial charge on any atom is -0.166 e. The zero-order chi connectivity index (χ0) is 9.90. The van der Waals surface area contributed by atoms with Gasteiger partial charge in [0, 0.05) is 0 Å². The molecule has 0 atom stereocenters. The second-order valence-corrected chi connectivity index (χ2v) is 2.48. The number of alkyl halides is 3. The molecule has 1 aromatic rings. The quantitative estimate of drug-likeness (QED) is 0.585. The van der Waals surface area contributed by atoms with Gasteiger partial charge in [0.25, 0.3) is 0 Å². The van der Waals surface area contributed by atoms with E-state index in [2.05, 4.69) is 0 Å². The maximum absolute atomic E-state index is 12.2. The molecule has 0 saturated carbocycles. The van der Waals surface area contributed by atoms with Crippen molar-refractivity contribution in [2.24, 2.45) is 0 Å². The third-order valence-electron chi connectivity index (χ3n) is 1.50. The van der Waals surface area contributed by atoms with Crippen LogP contribution < -0.4 is 0 Å². The lowest BCUT2D eigenvalue weighted by atomic mass is 10.1. The Labute approximate surface area is 75.5 Å². The standard InChI is InChI=1S/C9H6BF3/c10-5-4-7-2-1-3-8(6-7)9(11,12)13/h1-6H/b5-4+. The molecule has 0 aliphatic heterocycles. The second kappa shape index (κ2) is 3.68. The lowest BCUT2D eigenvalue weighted by molar-refractivity contribution is -0.137. The van der Waals surface area contributed by atoms with Crippen LogP contribution in [-0.4, -0.2) is 7.85 Å². The maximum atomic E-state index is 12.2. The number of hydrogen-bond donors (Lipinski definition) is 0. The fraction of sp³-hybridized carbons (Fsp3) is 0.111. The molecule has 0 N–H and O–H groups in total. The zero-order valence-corrected chi connectivity index (χ0v) is 6.68. The molecule has 0 heterocycles. The van der Waals surface area contributed by atoms with E-state index in [4.69, 9.17) is 7.85 Å². The van der Waals surface area contributed by atoms with Gasteiger partial charge in [-0.3, -0.25) is 0 Å². The molecule has 0 aromatic heterocycles. The maximum Gasteiger partial charge on any atom is 0.416 e. The van der Waals surface area contributed by atoms with Crippen LogP contribution in [0.5, 0.6) is 0 Å². The summed E-state index contributed by atoms with van der Waals surface area (Å²) in [6.45, 7) is 0. The first kappa shape index (κ1) is 9.90. The minimum atomic E-state index is -4.29. The largest absolute Gasteiger partial charge is 0.416 e. The molecule has 0 aliphatic rings. The lowest BCUT2D eigenvalue weighted by Crippen LogP contribution is -2.04. The predicted molar refractivity (Wildman–Crippen MR) is 46.2 cm³/mol. The van der Waals surface area contributed by atoms with E-state index in [1.165, 1.54) is 18.1 Å². The summed E-state index contributed by atoms with van der Waals surface area (Å²) in [5, 5.41) is 0. The molecule has 0 spiro atoms. The third kappa shape index (κ3) is 2.65. The SMILES string of the molecule is [B]/C=C/c1cccc(C(F)(F)F)c1. The molecule has 2 radical (unpaired) electrons. The first-order chi connectivity index (χ1) is 6.04. The minimum absolute atomic E-state index is 0.442. The molecule has 0 bridgehead atoms. The summed E-state index contributed by atoms with van der Waals surface area (Å²) in [5.41, 5.74) is -0.222. The Kier molecular flexibility index (Phi) is 2.81. The van der Waals surface area contributed by atoms with Crippen LogP contribution in [0.25, 0.3) is 6.08 Å². The Morgan fingerprint density at radius 1 is 1.23 bits per heavy atom. The summed E-state index contributed by atoms with van der Waals surface area (Å²) in [5.74, 6) is 1.20. The fourth-order valence-electron chi connectivity index (χ4n) is 0.930.